The number of methoxy groups -OCH3 is 1. The maximum absolute atomic E-state index is 12.3. The summed E-state index contributed by atoms with van der Waals surface area (Å²) in [4.78, 5) is 12.3. The summed E-state index contributed by atoms with van der Waals surface area (Å²) in [6.45, 7) is 0.560. The summed E-state index contributed by atoms with van der Waals surface area (Å²) >= 11 is 6.03. The first-order valence-electron chi connectivity index (χ1n) is 6.50. The van der Waals surface area contributed by atoms with Crippen LogP contribution in [0.4, 0.5) is 5.69 Å². The molecule has 1 aromatic rings. The van der Waals surface area contributed by atoms with Crippen molar-refractivity contribution < 1.29 is 9.53 Å². The SMILES string of the molecule is COc1c(Cl)cccc1NC(=O)[C@@H]1CCC[C@@H]1CN. The molecule has 1 aliphatic rings. The molecule has 0 aromatic heterocycles. The average Bonchev–Trinajstić information content (AvgIpc) is 2.87. The fourth-order valence-electron chi connectivity index (χ4n) is 2.70. The topological polar surface area (TPSA) is 64.3 Å². The van der Waals surface area contributed by atoms with Crippen LogP contribution in [-0.2, 0) is 4.79 Å². The van der Waals surface area contributed by atoms with E-state index in [0.717, 1.165) is 19.3 Å². The van der Waals surface area contributed by atoms with E-state index in [2.05, 4.69) is 5.32 Å². The van der Waals surface area contributed by atoms with Crippen LogP contribution in [0, 0.1) is 11.8 Å². The lowest BCUT2D eigenvalue weighted by Crippen LogP contribution is -2.29. The van der Waals surface area contributed by atoms with Crippen molar-refractivity contribution in [1.29, 1.82) is 0 Å². The number of hydrogen-bond acceptors (Lipinski definition) is 3. The number of rotatable bonds is 4. The van der Waals surface area contributed by atoms with Crippen LogP contribution in [0.2, 0.25) is 5.02 Å². The summed E-state index contributed by atoms with van der Waals surface area (Å²) in [5.74, 6) is 0.784. The molecule has 0 spiro atoms. The molecule has 2 atom stereocenters. The third kappa shape index (κ3) is 3.01. The maximum Gasteiger partial charge on any atom is 0.227 e. The van der Waals surface area contributed by atoms with Crippen molar-refractivity contribution in [3.8, 4) is 5.75 Å². The van der Waals surface area contributed by atoms with Gasteiger partial charge in [-0.2, -0.15) is 0 Å². The van der Waals surface area contributed by atoms with E-state index in [1.165, 1.54) is 7.11 Å². The number of anilines is 1. The second-order valence-electron chi connectivity index (χ2n) is 4.84. The lowest BCUT2D eigenvalue weighted by Gasteiger charge is -2.18. The summed E-state index contributed by atoms with van der Waals surface area (Å²) in [7, 11) is 1.54. The molecule has 1 aliphatic carbocycles. The van der Waals surface area contributed by atoms with Gasteiger partial charge in [0.2, 0.25) is 5.91 Å². The minimum absolute atomic E-state index is 0.00584. The van der Waals surface area contributed by atoms with Crippen LogP contribution in [0.3, 0.4) is 0 Å². The number of nitrogens with two attached hydrogens (primary N) is 1. The largest absolute Gasteiger partial charge is 0.493 e. The molecule has 0 saturated heterocycles. The van der Waals surface area contributed by atoms with Crippen molar-refractivity contribution in [2.45, 2.75) is 19.3 Å². The predicted molar refractivity (Wildman–Crippen MR) is 76.5 cm³/mol. The smallest absolute Gasteiger partial charge is 0.227 e. The first kappa shape index (κ1) is 14.2. The standard InChI is InChI=1S/C14H19ClN2O2/c1-19-13-11(15)6-3-7-12(13)17-14(18)10-5-2-4-9(10)8-16/h3,6-7,9-10H,2,4-5,8,16H2,1H3,(H,17,18)/t9-,10-/m1/s1. The summed E-state index contributed by atoms with van der Waals surface area (Å²) in [5.41, 5.74) is 6.32. The highest BCUT2D eigenvalue weighted by Gasteiger charge is 2.32. The van der Waals surface area contributed by atoms with Gasteiger partial charge in [-0.1, -0.05) is 24.1 Å². The highest BCUT2D eigenvalue weighted by Crippen LogP contribution is 2.35. The van der Waals surface area contributed by atoms with Gasteiger partial charge in [0.15, 0.2) is 5.75 Å². The van der Waals surface area contributed by atoms with Crippen molar-refractivity contribution in [2.75, 3.05) is 19.0 Å². The van der Waals surface area contributed by atoms with Gasteiger partial charge in [-0.05, 0) is 37.4 Å². The Balaban J connectivity index is 2.13. The van der Waals surface area contributed by atoms with Gasteiger partial charge in [0, 0.05) is 5.92 Å². The number of hydrogen-bond donors (Lipinski definition) is 2. The normalized spacial score (nSPS) is 22.3. The maximum atomic E-state index is 12.3. The average molecular weight is 283 g/mol. The number of benzene rings is 1. The second kappa shape index (κ2) is 6.26. The quantitative estimate of drug-likeness (QED) is 0.892. The molecular formula is C14H19ClN2O2. The van der Waals surface area contributed by atoms with Crippen molar-refractivity contribution in [2.24, 2.45) is 17.6 Å². The molecule has 1 saturated carbocycles. The molecule has 0 heterocycles. The van der Waals surface area contributed by atoms with Gasteiger partial charge in [-0.3, -0.25) is 4.79 Å². The molecule has 4 nitrogen and oxygen atoms in total. The summed E-state index contributed by atoms with van der Waals surface area (Å²) in [6.07, 6.45) is 2.99. The van der Waals surface area contributed by atoms with Crippen LogP contribution < -0.4 is 15.8 Å². The van der Waals surface area contributed by atoms with E-state index < -0.39 is 0 Å². The fourth-order valence-corrected chi connectivity index (χ4v) is 2.96. The molecule has 19 heavy (non-hydrogen) atoms. The number of ether oxygens (including phenoxy) is 1. The van der Waals surface area contributed by atoms with E-state index >= 15 is 0 Å². The van der Waals surface area contributed by atoms with Crippen LogP contribution in [0.1, 0.15) is 19.3 Å². The lowest BCUT2D eigenvalue weighted by atomic mass is 9.95. The van der Waals surface area contributed by atoms with Gasteiger partial charge >= 0.3 is 0 Å². The minimum Gasteiger partial charge on any atom is -0.493 e. The van der Waals surface area contributed by atoms with Crippen molar-refractivity contribution in [3.05, 3.63) is 23.2 Å². The number of nitrogens with one attached hydrogen (secondary N) is 1. The molecule has 0 bridgehead atoms. The zero-order valence-corrected chi connectivity index (χ0v) is 11.7. The first-order chi connectivity index (χ1) is 9.17. The number of amides is 1. The Bertz CT molecular complexity index is 465. The third-order valence-corrected chi connectivity index (χ3v) is 4.03. The predicted octanol–water partition coefficient (Wildman–Crippen LogP) is 2.66. The number of para-hydroxylation sites is 1. The van der Waals surface area contributed by atoms with Gasteiger partial charge in [0.05, 0.1) is 17.8 Å². The summed E-state index contributed by atoms with van der Waals surface area (Å²) < 4.78 is 5.22. The lowest BCUT2D eigenvalue weighted by molar-refractivity contribution is -0.120. The molecule has 2 rings (SSSR count). The van der Waals surface area contributed by atoms with Crippen LogP contribution in [-0.4, -0.2) is 19.6 Å². The summed E-state index contributed by atoms with van der Waals surface area (Å²) in [5, 5.41) is 3.39. The van der Waals surface area contributed by atoms with Gasteiger partial charge in [0.25, 0.3) is 0 Å². The van der Waals surface area contributed by atoms with E-state index in [1.54, 1.807) is 18.2 Å². The second-order valence-corrected chi connectivity index (χ2v) is 5.25. The van der Waals surface area contributed by atoms with E-state index in [4.69, 9.17) is 22.1 Å². The molecule has 1 fully saturated rings. The Kier molecular flexibility index (Phi) is 4.66. The molecule has 1 amide bonds. The molecule has 0 radical (unpaired) electrons. The number of carbonyl (C=O) groups is 1. The Morgan fingerprint density at radius 1 is 1.53 bits per heavy atom. The first-order valence-corrected chi connectivity index (χ1v) is 6.88. The van der Waals surface area contributed by atoms with Gasteiger partial charge in [0.1, 0.15) is 0 Å². The Hall–Kier alpha value is -1.26. The Labute approximate surface area is 118 Å². The highest BCUT2D eigenvalue weighted by molar-refractivity contribution is 6.32. The molecular weight excluding hydrogens is 264 g/mol. The van der Waals surface area contributed by atoms with E-state index in [9.17, 15) is 4.79 Å². The van der Waals surface area contributed by atoms with Gasteiger partial charge in [-0.25, -0.2) is 0 Å². The molecule has 0 aliphatic heterocycles. The monoisotopic (exact) mass is 282 g/mol. The zero-order chi connectivity index (χ0) is 13.8. The zero-order valence-electron chi connectivity index (χ0n) is 11.0. The molecule has 104 valence electrons. The fraction of sp³-hybridized carbons (Fsp3) is 0.500. The molecule has 1 aromatic carbocycles. The van der Waals surface area contributed by atoms with Gasteiger partial charge in [-0.15, -0.1) is 0 Å². The van der Waals surface area contributed by atoms with Crippen LogP contribution in [0.15, 0.2) is 18.2 Å². The highest BCUT2D eigenvalue weighted by atomic mass is 35.5. The Morgan fingerprint density at radius 2 is 2.32 bits per heavy atom. The van der Waals surface area contributed by atoms with Crippen molar-refractivity contribution in [1.82, 2.24) is 0 Å². The van der Waals surface area contributed by atoms with E-state index in [1.807, 2.05) is 0 Å². The third-order valence-electron chi connectivity index (χ3n) is 3.73. The number of carbonyl (C=O) groups excluding carboxylic acids is 1. The van der Waals surface area contributed by atoms with Crippen LogP contribution >= 0.6 is 11.6 Å². The van der Waals surface area contributed by atoms with Crippen molar-refractivity contribution >= 4 is 23.2 Å². The van der Waals surface area contributed by atoms with E-state index in [0.29, 0.717) is 23.0 Å². The Morgan fingerprint density at radius 3 is 3.00 bits per heavy atom. The molecule has 0 unspecified atom stereocenters. The van der Waals surface area contributed by atoms with Crippen molar-refractivity contribution in [3.63, 3.8) is 0 Å². The minimum atomic E-state index is -0.00584. The van der Waals surface area contributed by atoms with Crippen LogP contribution in [0.25, 0.3) is 0 Å². The summed E-state index contributed by atoms with van der Waals surface area (Å²) in [6, 6.07) is 5.30. The number of halogens is 1. The van der Waals surface area contributed by atoms with E-state index in [-0.39, 0.29) is 17.7 Å². The molecule has 3 N–H and O–H groups in total. The van der Waals surface area contributed by atoms with Gasteiger partial charge < -0.3 is 15.8 Å². The van der Waals surface area contributed by atoms with Crippen LogP contribution in [0.5, 0.6) is 5.75 Å². The molecule has 5 heteroatoms.